The molecule has 1 aromatic rings. The first-order valence-corrected chi connectivity index (χ1v) is 8.67. The van der Waals surface area contributed by atoms with Crippen LogP contribution in [0.3, 0.4) is 0 Å². The molecule has 2 aliphatic rings. The van der Waals surface area contributed by atoms with Crippen molar-refractivity contribution in [1.29, 1.82) is 0 Å². The van der Waals surface area contributed by atoms with Crippen molar-refractivity contribution in [2.24, 2.45) is 0 Å². The van der Waals surface area contributed by atoms with E-state index in [9.17, 15) is 5.11 Å². The highest BCUT2D eigenvalue weighted by Crippen LogP contribution is 2.26. The average molecular weight is 324 g/mol. The van der Waals surface area contributed by atoms with Crippen molar-refractivity contribution in [3.8, 4) is 0 Å². The smallest absolute Gasteiger partial charge is 0.0817 e. The Labute approximate surface area is 137 Å². The summed E-state index contributed by atoms with van der Waals surface area (Å²) in [4.78, 5) is 2.41. The Morgan fingerprint density at radius 3 is 2.73 bits per heavy atom. The van der Waals surface area contributed by atoms with E-state index in [2.05, 4.69) is 33.7 Å². The van der Waals surface area contributed by atoms with E-state index >= 15 is 0 Å². The van der Waals surface area contributed by atoms with Crippen molar-refractivity contribution in [2.75, 3.05) is 31.1 Å². The number of nitrogens with zero attached hydrogens (tertiary/aromatic N) is 1. The molecule has 2 saturated heterocycles. The van der Waals surface area contributed by atoms with Gasteiger partial charge in [-0.15, -0.1) is 0 Å². The van der Waals surface area contributed by atoms with Crippen molar-refractivity contribution < 1.29 is 5.11 Å². The van der Waals surface area contributed by atoms with Gasteiger partial charge in [0.05, 0.1) is 6.10 Å². The predicted molar refractivity (Wildman–Crippen MR) is 91.8 cm³/mol. The average Bonchev–Trinajstić information content (AvgIpc) is 2.53. The van der Waals surface area contributed by atoms with Crippen molar-refractivity contribution >= 4 is 17.3 Å². The molecule has 2 heterocycles. The molecular weight excluding hydrogens is 298 g/mol. The largest absolute Gasteiger partial charge is 0.390 e. The number of aryl methyl sites for hydroxylation is 1. The zero-order chi connectivity index (χ0) is 15.5. The molecular formula is C17H26ClN3O. The lowest BCUT2D eigenvalue weighted by atomic mass is 9.98. The van der Waals surface area contributed by atoms with Gasteiger partial charge in [-0.1, -0.05) is 17.7 Å². The number of rotatable bonds is 3. The van der Waals surface area contributed by atoms with Gasteiger partial charge in [0.25, 0.3) is 0 Å². The van der Waals surface area contributed by atoms with Crippen molar-refractivity contribution in [1.82, 2.24) is 10.6 Å². The van der Waals surface area contributed by atoms with E-state index in [0.717, 1.165) is 49.5 Å². The molecule has 4 nitrogen and oxygen atoms in total. The van der Waals surface area contributed by atoms with E-state index in [1.54, 1.807) is 0 Å². The highest BCUT2D eigenvalue weighted by molar-refractivity contribution is 6.31. The van der Waals surface area contributed by atoms with Crippen LogP contribution in [0.4, 0.5) is 5.69 Å². The van der Waals surface area contributed by atoms with Gasteiger partial charge in [-0.25, -0.2) is 0 Å². The molecule has 2 atom stereocenters. The van der Waals surface area contributed by atoms with Gasteiger partial charge in [-0.3, -0.25) is 0 Å². The number of aliphatic hydroxyl groups is 1. The minimum absolute atomic E-state index is 0.242. The molecule has 0 aromatic heterocycles. The summed E-state index contributed by atoms with van der Waals surface area (Å²) in [6.45, 7) is 5.82. The van der Waals surface area contributed by atoms with Crippen LogP contribution in [0.1, 0.15) is 24.8 Å². The summed E-state index contributed by atoms with van der Waals surface area (Å²) in [5, 5.41) is 17.8. The molecule has 2 aliphatic heterocycles. The fraction of sp³-hybridized carbons (Fsp3) is 0.647. The van der Waals surface area contributed by atoms with Gasteiger partial charge >= 0.3 is 0 Å². The SMILES string of the molecule is Cc1ccc(N2CCC(N[C@@H]3CCNC[C@H]3O)CC2)cc1Cl. The standard InChI is InChI=1S/C17H26ClN3O/c1-12-2-3-14(10-15(12)18)21-8-5-13(6-9-21)20-16-4-7-19-11-17(16)22/h2-3,10,13,16-17,19-20,22H,4-9,11H2,1H3/t16-,17-/m1/s1. The minimum atomic E-state index is -0.261. The maximum Gasteiger partial charge on any atom is 0.0817 e. The summed E-state index contributed by atoms with van der Waals surface area (Å²) < 4.78 is 0. The second-order valence-electron chi connectivity index (χ2n) is 6.53. The van der Waals surface area contributed by atoms with Gasteiger partial charge < -0.3 is 20.6 Å². The zero-order valence-corrected chi connectivity index (χ0v) is 13.9. The lowest BCUT2D eigenvalue weighted by Gasteiger charge is -2.38. The summed E-state index contributed by atoms with van der Waals surface area (Å²) >= 11 is 6.23. The molecule has 3 rings (SSSR count). The molecule has 0 spiro atoms. The van der Waals surface area contributed by atoms with Gasteiger partial charge in [0.15, 0.2) is 0 Å². The number of halogens is 1. The van der Waals surface area contributed by atoms with Crippen molar-refractivity contribution in [3.63, 3.8) is 0 Å². The molecule has 0 unspecified atom stereocenters. The normalized spacial score (nSPS) is 27.1. The number of benzene rings is 1. The van der Waals surface area contributed by atoms with Gasteiger partial charge in [0, 0.05) is 42.4 Å². The highest BCUT2D eigenvalue weighted by atomic mass is 35.5. The summed E-state index contributed by atoms with van der Waals surface area (Å²) in [5.41, 5.74) is 2.35. The second-order valence-corrected chi connectivity index (χ2v) is 6.94. The third-order valence-electron chi connectivity index (χ3n) is 4.92. The second kappa shape index (κ2) is 7.18. The van der Waals surface area contributed by atoms with E-state index < -0.39 is 0 Å². The molecule has 0 amide bonds. The number of nitrogens with one attached hydrogen (secondary N) is 2. The van der Waals surface area contributed by atoms with Gasteiger partial charge in [0.2, 0.25) is 0 Å². The third kappa shape index (κ3) is 3.74. The first-order chi connectivity index (χ1) is 10.6. The number of hydrogen-bond acceptors (Lipinski definition) is 4. The Hall–Kier alpha value is -0.810. The van der Waals surface area contributed by atoms with Crippen LogP contribution in [-0.2, 0) is 0 Å². The molecule has 3 N–H and O–H groups in total. The van der Waals surface area contributed by atoms with Crippen LogP contribution in [-0.4, -0.2) is 49.5 Å². The zero-order valence-electron chi connectivity index (χ0n) is 13.2. The fourth-order valence-electron chi connectivity index (χ4n) is 3.42. The van der Waals surface area contributed by atoms with Crippen LogP contribution in [0.5, 0.6) is 0 Å². The summed E-state index contributed by atoms with van der Waals surface area (Å²) in [6.07, 6.45) is 2.97. The van der Waals surface area contributed by atoms with E-state index in [1.165, 1.54) is 5.69 Å². The molecule has 0 saturated carbocycles. The quantitative estimate of drug-likeness (QED) is 0.795. The first kappa shape index (κ1) is 16.1. The van der Waals surface area contributed by atoms with Crippen LogP contribution < -0.4 is 15.5 Å². The number of hydrogen-bond donors (Lipinski definition) is 3. The highest BCUT2D eigenvalue weighted by Gasteiger charge is 2.27. The Morgan fingerprint density at radius 2 is 2.05 bits per heavy atom. The Kier molecular flexibility index (Phi) is 5.24. The number of anilines is 1. The maximum atomic E-state index is 10.0. The molecule has 0 radical (unpaired) electrons. The molecule has 1 aromatic carbocycles. The minimum Gasteiger partial charge on any atom is -0.390 e. The lowest BCUT2D eigenvalue weighted by molar-refractivity contribution is 0.0940. The molecule has 0 bridgehead atoms. The number of β-amino-alcohol motifs (C(OH)–C–C–N with tert-alkyl or cyclic N) is 1. The molecule has 122 valence electrons. The predicted octanol–water partition coefficient (Wildman–Crippen LogP) is 1.93. The fourth-order valence-corrected chi connectivity index (χ4v) is 3.60. The van der Waals surface area contributed by atoms with Crippen LogP contribution in [0, 0.1) is 6.92 Å². The Bertz CT molecular complexity index is 503. The number of aliphatic hydroxyl groups excluding tert-OH is 1. The topological polar surface area (TPSA) is 47.5 Å². The van der Waals surface area contributed by atoms with Gasteiger partial charge in [0.1, 0.15) is 0 Å². The monoisotopic (exact) mass is 323 g/mol. The van der Waals surface area contributed by atoms with Crippen molar-refractivity contribution in [3.05, 3.63) is 28.8 Å². The first-order valence-electron chi connectivity index (χ1n) is 8.29. The maximum absolute atomic E-state index is 10.0. The van der Waals surface area contributed by atoms with Crippen LogP contribution >= 0.6 is 11.6 Å². The molecule has 5 heteroatoms. The van der Waals surface area contributed by atoms with Crippen LogP contribution in [0.25, 0.3) is 0 Å². The molecule has 2 fully saturated rings. The summed E-state index contributed by atoms with van der Waals surface area (Å²) in [6, 6.07) is 7.07. The summed E-state index contributed by atoms with van der Waals surface area (Å²) in [5.74, 6) is 0. The Morgan fingerprint density at radius 1 is 1.27 bits per heavy atom. The van der Waals surface area contributed by atoms with Gasteiger partial charge in [-0.2, -0.15) is 0 Å². The van der Waals surface area contributed by atoms with E-state index in [-0.39, 0.29) is 12.1 Å². The summed E-state index contributed by atoms with van der Waals surface area (Å²) in [7, 11) is 0. The van der Waals surface area contributed by atoms with E-state index in [0.29, 0.717) is 12.6 Å². The molecule has 22 heavy (non-hydrogen) atoms. The van der Waals surface area contributed by atoms with E-state index in [4.69, 9.17) is 11.6 Å². The van der Waals surface area contributed by atoms with Gasteiger partial charge in [-0.05, 0) is 50.4 Å². The molecule has 0 aliphatic carbocycles. The van der Waals surface area contributed by atoms with Crippen LogP contribution in [0.15, 0.2) is 18.2 Å². The van der Waals surface area contributed by atoms with E-state index in [1.807, 2.05) is 6.92 Å². The number of piperidine rings is 2. The lowest BCUT2D eigenvalue weighted by Crippen LogP contribution is -2.55. The van der Waals surface area contributed by atoms with Crippen molar-refractivity contribution in [2.45, 2.75) is 44.4 Å². The third-order valence-corrected chi connectivity index (χ3v) is 5.32. The van der Waals surface area contributed by atoms with Crippen LogP contribution in [0.2, 0.25) is 5.02 Å². The Balaban J connectivity index is 1.52.